The smallest absolute Gasteiger partial charge is 0.261 e. The minimum atomic E-state index is -1.16. The zero-order chi connectivity index (χ0) is 14.0. The molecule has 5 nitrogen and oxygen atoms in total. The Hall–Kier alpha value is -2.57. The van der Waals surface area contributed by atoms with Crippen molar-refractivity contribution in [3.63, 3.8) is 0 Å². The number of carbonyl (C=O) groups excluding carboxylic acids is 1. The van der Waals surface area contributed by atoms with Crippen LogP contribution in [0.4, 0.5) is 14.5 Å². The SMILES string of the molecule is Cc1cc(=O)c(C(=O)Nc2ccc(F)nc2F)c[nH]1. The molecule has 2 N–H and O–H groups in total. The lowest BCUT2D eigenvalue weighted by atomic mass is 10.2. The summed E-state index contributed by atoms with van der Waals surface area (Å²) >= 11 is 0. The minimum absolute atomic E-state index is 0.172. The second kappa shape index (κ2) is 4.97. The van der Waals surface area contributed by atoms with Crippen molar-refractivity contribution < 1.29 is 13.6 Å². The summed E-state index contributed by atoms with van der Waals surface area (Å²) in [5.41, 5.74) is -0.374. The van der Waals surface area contributed by atoms with Gasteiger partial charge < -0.3 is 10.3 Å². The average Bonchev–Trinajstić information content (AvgIpc) is 2.32. The van der Waals surface area contributed by atoms with Crippen molar-refractivity contribution >= 4 is 11.6 Å². The molecule has 0 saturated heterocycles. The maximum absolute atomic E-state index is 13.2. The Labute approximate surface area is 106 Å². The van der Waals surface area contributed by atoms with E-state index < -0.39 is 23.2 Å². The largest absolute Gasteiger partial charge is 0.364 e. The van der Waals surface area contributed by atoms with E-state index in [1.807, 2.05) is 0 Å². The number of nitrogens with one attached hydrogen (secondary N) is 2. The van der Waals surface area contributed by atoms with Gasteiger partial charge in [0.2, 0.25) is 11.9 Å². The number of hydrogen-bond acceptors (Lipinski definition) is 3. The number of aromatic nitrogens is 2. The fraction of sp³-hybridized carbons (Fsp3) is 0.0833. The lowest BCUT2D eigenvalue weighted by Gasteiger charge is -2.05. The summed E-state index contributed by atoms with van der Waals surface area (Å²) in [6, 6.07) is 3.17. The van der Waals surface area contributed by atoms with Gasteiger partial charge in [-0.3, -0.25) is 9.59 Å². The molecule has 0 spiro atoms. The van der Waals surface area contributed by atoms with Gasteiger partial charge in [0, 0.05) is 18.0 Å². The van der Waals surface area contributed by atoms with Gasteiger partial charge in [0.15, 0.2) is 5.43 Å². The third kappa shape index (κ3) is 2.82. The third-order valence-electron chi connectivity index (χ3n) is 2.36. The second-order valence-electron chi connectivity index (χ2n) is 3.82. The van der Waals surface area contributed by atoms with E-state index in [1.54, 1.807) is 6.92 Å². The first-order chi connectivity index (χ1) is 8.97. The Morgan fingerprint density at radius 2 is 2.11 bits per heavy atom. The number of amides is 1. The predicted octanol–water partition coefficient (Wildman–Crippen LogP) is 1.61. The van der Waals surface area contributed by atoms with Crippen LogP contribution in [-0.2, 0) is 0 Å². The number of anilines is 1. The van der Waals surface area contributed by atoms with Crippen molar-refractivity contribution in [2.75, 3.05) is 5.32 Å². The van der Waals surface area contributed by atoms with Gasteiger partial charge in [0.25, 0.3) is 5.91 Å². The molecule has 0 aliphatic carbocycles. The zero-order valence-corrected chi connectivity index (χ0v) is 9.83. The molecule has 0 saturated carbocycles. The molecule has 2 aromatic rings. The van der Waals surface area contributed by atoms with Crippen LogP contribution in [0.1, 0.15) is 16.1 Å². The highest BCUT2D eigenvalue weighted by molar-refractivity contribution is 6.03. The van der Waals surface area contributed by atoms with Crippen molar-refractivity contribution in [1.29, 1.82) is 0 Å². The quantitative estimate of drug-likeness (QED) is 0.810. The van der Waals surface area contributed by atoms with Gasteiger partial charge in [-0.05, 0) is 19.1 Å². The molecule has 0 bridgehead atoms. The number of nitrogens with zero attached hydrogens (tertiary/aromatic N) is 1. The van der Waals surface area contributed by atoms with E-state index in [0.29, 0.717) is 5.69 Å². The molecule has 0 radical (unpaired) electrons. The molecule has 98 valence electrons. The molecule has 0 aliphatic rings. The van der Waals surface area contributed by atoms with E-state index in [9.17, 15) is 18.4 Å². The number of carbonyl (C=O) groups is 1. The van der Waals surface area contributed by atoms with Crippen LogP contribution in [-0.4, -0.2) is 15.9 Å². The van der Waals surface area contributed by atoms with Gasteiger partial charge in [0.1, 0.15) is 5.56 Å². The number of pyridine rings is 2. The van der Waals surface area contributed by atoms with Gasteiger partial charge in [-0.1, -0.05) is 0 Å². The highest BCUT2D eigenvalue weighted by atomic mass is 19.1. The normalized spacial score (nSPS) is 10.3. The monoisotopic (exact) mass is 265 g/mol. The molecule has 2 aromatic heterocycles. The molecule has 0 aromatic carbocycles. The van der Waals surface area contributed by atoms with Crippen molar-refractivity contribution in [2.45, 2.75) is 6.92 Å². The van der Waals surface area contributed by atoms with Crippen LogP contribution < -0.4 is 10.7 Å². The van der Waals surface area contributed by atoms with Crippen LogP contribution in [0.25, 0.3) is 0 Å². The highest BCUT2D eigenvalue weighted by Gasteiger charge is 2.13. The molecule has 7 heteroatoms. The molecule has 19 heavy (non-hydrogen) atoms. The Balaban J connectivity index is 2.28. The van der Waals surface area contributed by atoms with E-state index >= 15 is 0 Å². The van der Waals surface area contributed by atoms with Crippen LogP contribution in [0.2, 0.25) is 0 Å². The Kier molecular flexibility index (Phi) is 3.37. The second-order valence-corrected chi connectivity index (χ2v) is 3.82. The Morgan fingerprint density at radius 3 is 2.74 bits per heavy atom. The van der Waals surface area contributed by atoms with Crippen LogP contribution in [0.5, 0.6) is 0 Å². The standard InChI is InChI=1S/C12H9F2N3O2/c1-6-4-9(18)7(5-15-6)12(19)16-8-2-3-10(13)17-11(8)14/h2-5H,1H3,(H,15,18)(H,16,19). The van der Waals surface area contributed by atoms with Gasteiger partial charge in [-0.2, -0.15) is 13.8 Å². The summed E-state index contributed by atoms with van der Waals surface area (Å²) in [6.07, 6.45) is 1.22. The molecular weight excluding hydrogens is 256 g/mol. The van der Waals surface area contributed by atoms with Crippen LogP contribution in [0, 0.1) is 18.8 Å². The highest BCUT2D eigenvalue weighted by Crippen LogP contribution is 2.12. The maximum Gasteiger partial charge on any atom is 0.261 e. The molecular formula is C12H9F2N3O2. The first-order valence-electron chi connectivity index (χ1n) is 5.30. The van der Waals surface area contributed by atoms with Crippen molar-refractivity contribution in [1.82, 2.24) is 9.97 Å². The van der Waals surface area contributed by atoms with Crippen LogP contribution in [0.3, 0.4) is 0 Å². The molecule has 0 aliphatic heterocycles. The molecule has 0 unspecified atom stereocenters. The average molecular weight is 265 g/mol. The van der Waals surface area contributed by atoms with E-state index in [0.717, 1.165) is 12.1 Å². The summed E-state index contributed by atoms with van der Waals surface area (Å²) in [7, 11) is 0. The number of rotatable bonds is 2. The number of hydrogen-bond donors (Lipinski definition) is 2. The minimum Gasteiger partial charge on any atom is -0.364 e. The third-order valence-corrected chi connectivity index (χ3v) is 2.36. The first kappa shape index (κ1) is 12.9. The lowest BCUT2D eigenvalue weighted by molar-refractivity contribution is 0.102. The van der Waals surface area contributed by atoms with Gasteiger partial charge >= 0.3 is 0 Å². The number of halogens is 2. The van der Waals surface area contributed by atoms with Crippen molar-refractivity contribution in [3.8, 4) is 0 Å². The molecule has 0 atom stereocenters. The van der Waals surface area contributed by atoms with E-state index in [2.05, 4.69) is 15.3 Å². The van der Waals surface area contributed by atoms with E-state index in [1.165, 1.54) is 12.3 Å². The summed E-state index contributed by atoms with van der Waals surface area (Å²) in [4.78, 5) is 28.9. The summed E-state index contributed by atoms with van der Waals surface area (Å²) < 4.78 is 25.8. The lowest BCUT2D eigenvalue weighted by Crippen LogP contribution is -2.22. The number of H-pyrrole nitrogens is 1. The fourth-order valence-corrected chi connectivity index (χ4v) is 1.45. The number of aryl methyl sites for hydroxylation is 1. The van der Waals surface area contributed by atoms with Gasteiger partial charge in [-0.25, -0.2) is 0 Å². The van der Waals surface area contributed by atoms with Crippen molar-refractivity contribution in [2.24, 2.45) is 0 Å². The van der Waals surface area contributed by atoms with E-state index in [-0.39, 0.29) is 11.3 Å². The zero-order valence-electron chi connectivity index (χ0n) is 9.83. The molecule has 0 fully saturated rings. The Bertz CT molecular complexity index is 698. The molecule has 2 heterocycles. The number of aromatic amines is 1. The topological polar surface area (TPSA) is 74.8 Å². The van der Waals surface area contributed by atoms with Crippen molar-refractivity contribution in [3.05, 3.63) is 57.8 Å². The first-order valence-corrected chi connectivity index (χ1v) is 5.30. The molecule has 2 rings (SSSR count). The summed E-state index contributed by atoms with van der Waals surface area (Å²) in [5, 5.41) is 2.15. The maximum atomic E-state index is 13.2. The summed E-state index contributed by atoms with van der Waals surface area (Å²) in [5.74, 6) is -2.95. The van der Waals surface area contributed by atoms with Gasteiger partial charge in [-0.15, -0.1) is 0 Å². The predicted molar refractivity (Wildman–Crippen MR) is 63.9 cm³/mol. The molecule has 1 amide bonds. The van der Waals surface area contributed by atoms with Crippen LogP contribution in [0.15, 0.2) is 29.2 Å². The van der Waals surface area contributed by atoms with Crippen LogP contribution >= 0.6 is 0 Å². The van der Waals surface area contributed by atoms with Gasteiger partial charge in [0.05, 0.1) is 5.69 Å². The summed E-state index contributed by atoms with van der Waals surface area (Å²) in [6.45, 7) is 1.66. The Morgan fingerprint density at radius 1 is 1.37 bits per heavy atom. The fourth-order valence-electron chi connectivity index (χ4n) is 1.45. The van der Waals surface area contributed by atoms with E-state index in [4.69, 9.17) is 0 Å².